The molecule has 3 aromatic heterocycles. The van der Waals surface area contributed by atoms with E-state index in [-0.39, 0.29) is 5.56 Å². The lowest BCUT2D eigenvalue weighted by atomic mass is 10.1. The fraction of sp³-hybridized carbons (Fsp3) is 0.286. The number of piperazine rings is 1. The minimum absolute atomic E-state index is 0.191. The highest BCUT2D eigenvalue weighted by molar-refractivity contribution is 7.98. The van der Waals surface area contributed by atoms with E-state index in [1.165, 1.54) is 16.2 Å². The molecule has 0 radical (unpaired) electrons. The van der Waals surface area contributed by atoms with Crippen LogP contribution in [0.5, 0.6) is 0 Å². The summed E-state index contributed by atoms with van der Waals surface area (Å²) in [5.41, 5.74) is 2.09. The number of thioether (sulfide) groups is 1. The third-order valence-corrected chi connectivity index (χ3v) is 5.89. The number of hydrogen-bond donors (Lipinski definition) is 1. The van der Waals surface area contributed by atoms with Crippen LogP contribution in [0.4, 0.5) is 5.69 Å². The summed E-state index contributed by atoms with van der Waals surface area (Å²) in [6, 6.07) is 11.1. The number of carboxylic acids is 1. The molecule has 0 spiro atoms. The van der Waals surface area contributed by atoms with Crippen molar-refractivity contribution in [1.82, 2.24) is 14.3 Å². The van der Waals surface area contributed by atoms with Gasteiger partial charge in [-0.1, -0.05) is 6.07 Å². The predicted octanol–water partition coefficient (Wildman–Crippen LogP) is 2.44. The molecular weight excluding hydrogens is 388 g/mol. The molecule has 0 bridgehead atoms. The largest absolute Gasteiger partial charge is 0.477 e. The first-order valence-corrected chi connectivity index (χ1v) is 10.6. The molecule has 7 nitrogen and oxygen atoms in total. The van der Waals surface area contributed by atoms with Crippen LogP contribution in [0.3, 0.4) is 0 Å². The van der Waals surface area contributed by atoms with Crippen LogP contribution in [0, 0.1) is 0 Å². The summed E-state index contributed by atoms with van der Waals surface area (Å²) in [6.45, 7) is 4.09. The van der Waals surface area contributed by atoms with Gasteiger partial charge in [-0.15, -0.1) is 11.8 Å². The molecule has 1 aliphatic rings. The Balaban J connectivity index is 1.54. The molecule has 4 heterocycles. The molecule has 3 aromatic rings. The highest BCUT2D eigenvalue weighted by atomic mass is 32.2. The molecular formula is C21H22N4O3S. The predicted molar refractivity (Wildman–Crippen MR) is 114 cm³/mol. The number of aromatic nitrogens is 2. The van der Waals surface area contributed by atoms with Crippen molar-refractivity contribution in [3.63, 3.8) is 0 Å². The SMILES string of the molecule is CSc1cc(N2CCN(Cc3cc(C(=O)O)c(=O)n4ccccc34)CC2)ccn1. The zero-order valence-electron chi connectivity index (χ0n) is 16.1. The monoisotopic (exact) mass is 410 g/mol. The highest BCUT2D eigenvalue weighted by Gasteiger charge is 2.20. The molecule has 0 amide bonds. The molecule has 29 heavy (non-hydrogen) atoms. The lowest BCUT2D eigenvalue weighted by molar-refractivity contribution is 0.0694. The van der Waals surface area contributed by atoms with Crippen molar-refractivity contribution in [2.24, 2.45) is 0 Å². The summed E-state index contributed by atoms with van der Waals surface area (Å²) >= 11 is 1.63. The van der Waals surface area contributed by atoms with Crippen LogP contribution in [-0.4, -0.2) is 57.8 Å². The smallest absolute Gasteiger partial charge is 0.341 e. The second kappa shape index (κ2) is 8.26. The highest BCUT2D eigenvalue weighted by Crippen LogP contribution is 2.22. The number of carboxylic acid groups (broad SMARTS) is 1. The van der Waals surface area contributed by atoms with Crippen molar-refractivity contribution >= 4 is 28.9 Å². The van der Waals surface area contributed by atoms with Crippen LogP contribution in [-0.2, 0) is 6.54 Å². The summed E-state index contributed by atoms with van der Waals surface area (Å²) in [6.07, 6.45) is 5.48. The normalized spacial score (nSPS) is 15.0. The summed E-state index contributed by atoms with van der Waals surface area (Å²) in [4.78, 5) is 32.9. The Bertz CT molecular complexity index is 1110. The summed E-state index contributed by atoms with van der Waals surface area (Å²) < 4.78 is 1.43. The van der Waals surface area contributed by atoms with Crippen LogP contribution in [0.2, 0.25) is 0 Å². The topological polar surface area (TPSA) is 78.2 Å². The van der Waals surface area contributed by atoms with E-state index in [0.717, 1.165) is 42.3 Å². The maximum atomic E-state index is 12.4. The summed E-state index contributed by atoms with van der Waals surface area (Å²) in [5, 5.41) is 10.4. The molecule has 150 valence electrons. The Morgan fingerprint density at radius 3 is 2.69 bits per heavy atom. The van der Waals surface area contributed by atoms with Gasteiger partial charge in [0.05, 0.1) is 10.5 Å². The lowest BCUT2D eigenvalue weighted by Crippen LogP contribution is -2.46. The molecule has 0 aromatic carbocycles. The van der Waals surface area contributed by atoms with E-state index >= 15 is 0 Å². The van der Waals surface area contributed by atoms with Crippen LogP contribution in [0.25, 0.3) is 5.52 Å². The molecule has 8 heteroatoms. The van der Waals surface area contributed by atoms with E-state index in [1.807, 2.05) is 30.7 Å². The molecule has 0 unspecified atom stereocenters. The first kappa shape index (κ1) is 19.5. The number of rotatable bonds is 5. The minimum Gasteiger partial charge on any atom is -0.477 e. The van der Waals surface area contributed by atoms with Crippen LogP contribution >= 0.6 is 11.8 Å². The Labute approximate surface area is 172 Å². The fourth-order valence-corrected chi connectivity index (χ4v) is 4.12. The third kappa shape index (κ3) is 3.99. The molecule has 1 saturated heterocycles. The van der Waals surface area contributed by atoms with Gasteiger partial charge >= 0.3 is 5.97 Å². The van der Waals surface area contributed by atoms with Crippen molar-refractivity contribution in [3.05, 3.63) is 70.3 Å². The molecule has 0 aliphatic carbocycles. The number of nitrogens with zero attached hydrogens (tertiary/aromatic N) is 4. The fourth-order valence-electron chi connectivity index (χ4n) is 3.71. The molecule has 4 rings (SSSR count). The zero-order chi connectivity index (χ0) is 20.4. The third-order valence-electron chi connectivity index (χ3n) is 5.25. The summed E-state index contributed by atoms with van der Waals surface area (Å²) in [5.74, 6) is -1.19. The average molecular weight is 410 g/mol. The first-order chi connectivity index (χ1) is 14.1. The van der Waals surface area contributed by atoms with E-state index in [1.54, 1.807) is 24.0 Å². The van der Waals surface area contributed by atoms with Gasteiger partial charge in [0.15, 0.2) is 0 Å². The van der Waals surface area contributed by atoms with Crippen LogP contribution in [0.15, 0.2) is 58.6 Å². The van der Waals surface area contributed by atoms with E-state index in [0.29, 0.717) is 6.54 Å². The number of carbonyl (C=O) groups is 1. The van der Waals surface area contributed by atoms with Crippen LogP contribution in [0.1, 0.15) is 15.9 Å². The van der Waals surface area contributed by atoms with Gasteiger partial charge in [-0.2, -0.15) is 0 Å². The van der Waals surface area contributed by atoms with Gasteiger partial charge in [-0.3, -0.25) is 14.1 Å². The average Bonchev–Trinajstić information content (AvgIpc) is 2.76. The molecule has 1 aliphatic heterocycles. The van der Waals surface area contributed by atoms with Crippen molar-refractivity contribution in [3.8, 4) is 0 Å². The van der Waals surface area contributed by atoms with Gasteiger partial charge in [0.2, 0.25) is 0 Å². The van der Waals surface area contributed by atoms with Gasteiger partial charge in [-0.25, -0.2) is 9.78 Å². The molecule has 1 fully saturated rings. The van der Waals surface area contributed by atoms with Crippen molar-refractivity contribution < 1.29 is 9.90 Å². The van der Waals surface area contributed by atoms with Crippen LogP contribution < -0.4 is 10.5 Å². The van der Waals surface area contributed by atoms with Gasteiger partial charge in [0.25, 0.3) is 5.56 Å². The minimum atomic E-state index is -1.19. The Kier molecular flexibility index (Phi) is 5.55. The first-order valence-electron chi connectivity index (χ1n) is 9.41. The van der Waals surface area contributed by atoms with Crippen molar-refractivity contribution in [1.29, 1.82) is 0 Å². The number of anilines is 1. The standard InChI is InChI=1S/C21H22N4O3S/c1-29-19-13-16(5-6-22-19)24-10-8-23(9-11-24)14-15-12-17(21(27)28)20(26)25-7-3-2-4-18(15)25/h2-7,12-13H,8-11,14H2,1H3,(H,27,28). The quantitative estimate of drug-likeness (QED) is 0.647. The Morgan fingerprint density at radius 2 is 1.97 bits per heavy atom. The van der Waals surface area contributed by atoms with Crippen molar-refractivity contribution in [2.75, 3.05) is 37.3 Å². The number of pyridine rings is 3. The second-order valence-corrected chi connectivity index (χ2v) is 7.80. The second-order valence-electron chi connectivity index (χ2n) is 6.97. The van der Waals surface area contributed by atoms with Gasteiger partial charge in [0.1, 0.15) is 5.56 Å². The van der Waals surface area contributed by atoms with Crippen molar-refractivity contribution in [2.45, 2.75) is 11.6 Å². The number of aromatic carboxylic acids is 1. The number of fused-ring (bicyclic) bond motifs is 1. The lowest BCUT2D eigenvalue weighted by Gasteiger charge is -2.36. The Morgan fingerprint density at radius 1 is 1.17 bits per heavy atom. The Hall–Kier alpha value is -2.84. The maximum absolute atomic E-state index is 12.4. The zero-order valence-corrected chi connectivity index (χ0v) is 16.9. The molecule has 0 atom stereocenters. The van der Waals surface area contributed by atoms with Gasteiger partial charge in [-0.05, 0) is 42.2 Å². The van der Waals surface area contributed by atoms with Gasteiger partial charge < -0.3 is 10.0 Å². The summed E-state index contributed by atoms with van der Waals surface area (Å²) in [7, 11) is 0. The maximum Gasteiger partial charge on any atom is 0.341 e. The van der Waals surface area contributed by atoms with E-state index < -0.39 is 11.5 Å². The van der Waals surface area contributed by atoms with E-state index in [2.05, 4.69) is 20.9 Å². The number of hydrogen-bond acceptors (Lipinski definition) is 6. The van der Waals surface area contributed by atoms with E-state index in [9.17, 15) is 14.7 Å². The van der Waals surface area contributed by atoms with E-state index in [4.69, 9.17) is 0 Å². The van der Waals surface area contributed by atoms with Gasteiger partial charge in [0, 0.05) is 50.8 Å². The molecule has 1 N–H and O–H groups in total. The molecule has 0 saturated carbocycles.